The Morgan fingerprint density at radius 3 is 1.88 bits per heavy atom. The zero-order valence-electron chi connectivity index (χ0n) is 11.3. The number of hydrogen-bond donors (Lipinski definition) is 2. The van der Waals surface area contributed by atoms with Crippen molar-refractivity contribution in [1.29, 1.82) is 0 Å². The maximum atomic E-state index is 9.59. The lowest BCUT2D eigenvalue weighted by Crippen LogP contribution is -2.59. The third-order valence-electron chi connectivity index (χ3n) is 5.99. The summed E-state index contributed by atoms with van der Waals surface area (Å²) in [5.74, 6) is 2.84. The number of aliphatic hydroxyl groups is 1. The van der Waals surface area contributed by atoms with Crippen molar-refractivity contribution in [3.8, 4) is 0 Å². The van der Waals surface area contributed by atoms with Crippen molar-refractivity contribution >= 4 is 0 Å². The van der Waals surface area contributed by atoms with E-state index in [9.17, 15) is 5.11 Å². The molecule has 0 aromatic carbocycles. The van der Waals surface area contributed by atoms with Gasteiger partial charge in [-0.1, -0.05) is 13.8 Å². The Hall–Kier alpha value is -0.0800. The summed E-state index contributed by atoms with van der Waals surface area (Å²) in [6.45, 7) is 4.49. The Balaban J connectivity index is 1.86. The van der Waals surface area contributed by atoms with Crippen LogP contribution in [0.1, 0.15) is 52.4 Å². The molecule has 0 spiro atoms. The second kappa shape index (κ2) is 3.71. The van der Waals surface area contributed by atoms with Crippen LogP contribution in [0.5, 0.6) is 0 Å². The molecule has 1 unspecified atom stereocenters. The van der Waals surface area contributed by atoms with Gasteiger partial charge in [0.15, 0.2) is 0 Å². The van der Waals surface area contributed by atoms with Gasteiger partial charge in [0.1, 0.15) is 0 Å². The third kappa shape index (κ3) is 1.76. The highest BCUT2D eigenvalue weighted by atomic mass is 16.3. The van der Waals surface area contributed by atoms with Gasteiger partial charge in [-0.2, -0.15) is 0 Å². The molecule has 0 aliphatic heterocycles. The number of hydrogen-bond acceptors (Lipinski definition) is 2. The lowest BCUT2D eigenvalue weighted by Gasteiger charge is -2.61. The van der Waals surface area contributed by atoms with E-state index in [-0.39, 0.29) is 18.1 Å². The SMILES string of the molecule is CC(C)(CO)C(N)C12CC3CC(CC(C3)C1)C2. The molecule has 2 nitrogen and oxygen atoms in total. The Morgan fingerprint density at radius 1 is 1.12 bits per heavy atom. The zero-order valence-corrected chi connectivity index (χ0v) is 11.3. The number of rotatable bonds is 3. The van der Waals surface area contributed by atoms with Gasteiger partial charge in [-0.05, 0) is 61.7 Å². The van der Waals surface area contributed by atoms with Gasteiger partial charge in [-0.3, -0.25) is 0 Å². The number of nitrogens with two attached hydrogens (primary N) is 1. The first-order valence-electron chi connectivity index (χ1n) is 7.32. The van der Waals surface area contributed by atoms with Crippen molar-refractivity contribution < 1.29 is 5.11 Å². The predicted octanol–water partition coefficient (Wildman–Crippen LogP) is 2.55. The Kier molecular flexibility index (Phi) is 2.61. The molecule has 3 N–H and O–H groups in total. The zero-order chi connectivity index (χ0) is 12.3. The highest BCUT2D eigenvalue weighted by molar-refractivity contribution is 5.08. The smallest absolute Gasteiger partial charge is 0.0497 e. The van der Waals surface area contributed by atoms with Crippen molar-refractivity contribution in [3.05, 3.63) is 0 Å². The first-order valence-corrected chi connectivity index (χ1v) is 7.32. The second-order valence-electron chi connectivity index (χ2n) is 7.90. The molecule has 17 heavy (non-hydrogen) atoms. The van der Waals surface area contributed by atoms with Crippen molar-refractivity contribution in [2.45, 2.75) is 58.4 Å². The van der Waals surface area contributed by atoms with Gasteiger partial charge in [-0.25, -0.2) is 0 Å². The Labute approximate surface area is 105 Å². The van der Waals surface area contributed by atoms with Gasteiger partial charge in [0.25, 0.3) is 0 Å². The highest BCUT2D eigenvalue weighted by Crippen LogP contribution is 2.62. The van der Waals surface area contributed by atoms with Crippen LogP contribution in [0.2, 0.25) is 0 Å². The van der Waals surface area contributed by atoms with Gasteiger partial charge in [0.05, 0.1) is 0 Å². The summed E-state index contributed by atoms with van der Waals surface area (Å²) in [6.07, 6.45) is 8.40. The number of aliphatic hydroxyl groups excluding tert-OH is 1. The monoisotopic (exact) mass is 237 g/mol. The van der Waals surface area contributed by atoms with Crippen LogP contribution in [0.15, 0.2) is 0 Å². The van der Waals surface area contributed by atoms with E-state index >= 15 is 0 Å². The summed E-state index contributed by atoms with van der Waals surface area (Å²) in [6, 6.07) is 0.174. The van der Waals surface area contributed by atoms with Crippen LogP contribution in [0.4, 0.5) is 0 Å². The lowest BCUT2D eigenvalue weighted by molar-refractivity contribution is -0.0941. The molecular weight excluding hydrogens is 210 g/mol. The largest absolute Gasteiger partial charge is 0.396 e. The second-order valence-corrected chi connectivity index (χ2v) is 7.90. The van der Waals surface area contributed by atoms with E-state index < -0.39 is 0 Å². The van der Waals surface area contributed by atoms with Crippen LogP contribution < -0.4 is 5.73 Å². The molecule has 4 aliphatic carbocycles. The van der Waals surface area contributed by atoms with Crippen LogP contribution in [0.3, 0.4) is 0 Å². The van der Waals surface area contributed by atoms with Crippen LogP contribution in [-0.2, 0) is 0 Å². The van der Waals surface area contributed by atoms with Gasteiger partial charge < -0.3 is 10.8 Å². The molecule has 2 heteroatoms. The first kappa shape index (κ1) is 12.0. The van der Waals surface area contributed by atoms with E-state index in [1.54, 1.807) is 0 Å². The standard InChI is InChI=1S/C15H27NO/c1-14(2,9-17)13(16)15-6-10-3-11(7-15)5-12(4-10)8-15/h10-13,17H,3-9,16H2,1-2H3. The predicted molar refractivity (Wildman–Crippen MR) is 69.4 cm³/mol. The molecular formula is C15H27NO. The van der Waals surface area contributed by atoms with Crippen LogP contribution in [-0.4, -0.2) is 17.8 Å². The highest BCUT2D eigenvalue weighted by Gasteiger charge is 2.55. The molecule has 4 fully saturated rings. The molecule has 4 saturated carbocycles. The van der Waals surface area contributed by atoms with E-state index in [1.807, 2.05) is 0 Å². The fourth-order valence-corrected chi connectivity index (χ4v) is 5.49. The van der Waals surface area contributed by atoms with Crippen molar-refractivity contribution in [3.63, 3.8) is 0 Å². The average molecular weight is 237 g/mol. The molecule has 0 aromatic rings. The first-order chi connectivity index (χ1) is 7.95. The average Bonchev–Trinajstić information content (AvgIpc) is 2.26. The summed E-state index contributed by atoms with van der Waals surface area (Å²) < 4.78 is 0. The Morgan fingerprint density at radius 2 is 1.53 bits per heavy atom. The molecule has 0 saturated heterocycles. The molecule has 4 aliphatic rings. The van der Waals surface area contributed by atoms with Gasteiger partial charge >= 0.3 is 0 Å². The van der Waals surface area contributed by atoms with Crippen molar-refractivity contribution in [2.75, 3.05) is 6.61 Å². The van der Waals surface area contributed by atoms with Crippen molar-refractivity contribution in [1.82, 2.24) is 0 Å². The normalized spacial score (nSPS) is 46.2. The van der Waals surface area contributed by atoms with E-state index in [1.165, 1.54) is 38.5 Å². The Bertz CT molecular complexity index is 275. The molecule has 98 valence electrons. The summed E-state index contributed by atoms with van der Waals surface area (Å²) in [5, 5.41) is 9.59. The molecule has 4 bridgehead atoms. The fraction of sp³-hybridized carbons (Fsp3) is 1.00. The van der Waals surface area contributed by atoms with E-state index in [2.05, 4.69) is 13.8 Å². The third-order valence-corrected chi connectivity index (χ3v) is 5.99. The maximum Gasteiger partial charge on any atom is 0.0497 e. The minimum Gasteiger partial charge on any atom is -0.396 e. The molecule has 4 rings (SSSR count). The lowest BCUT2D eigenvalue weighted by atomic mass is 9.46. The van der Waals surface area contributed by atoms with Crippen LogP contribution in [0.25, 0.3) is 0 Å². The fourth-order valence-electron chi connectivity index (χ4n) is 5.49. The quantitative estimate of drug-likeness (QED) is 0.792. The summed E-state index contributed by atoms with van der Waals surface area (Å²) in [7, 11) is 0. The van der Waals surface area contributed by atoms with E-state index in [0.717, 1.165) is 17.8 Å². The molecule has 0 radical (unpaired) electrons. The van der Waals surface area contributed by atoms with E-state index in [0.29, 0.717) is 5.41 Å². The summed E-state index contributed by atoms with van der Waals surface area (Å²) >= 11 is 0. The van der Waals surface area contributed by atoms with E-state index in [4.69, 9.17) is 5.73 Å². The van der Waals surface area contributed by atoms with Gasteiger partial charge in [-0.15, -0.1) is 0 Å². The van der Waals surface area contributed by atoms with Gasteiger partial charge in [0.2, 0.25) is 0 Å². The molecule has 0 amide bonds. The minimum absolute atomic E-state index is 0.119. The van der Waals surface area contributed by atoms with Crippen molar-refractivity contribution in [2.24, 2.45) is 34.3 Å². The van der Waals surface area contributed by atoms with Crippen LogP contribution >= 0.6 is 0 Å². The maximum absolute atomic E-state index is 9.59. The molecule has 1 atom stereocenters. The minimum atomic E-state index is -0.119. The molecule has 0 aromatic heterocycles. The topological polar surface area (TPSA) is 46.2 Å². The van der Waals surface area contributed by atoms with Gasteiger partial charge in [0, 0.05) is 18.1 Å². The summed E-state index contributed by atoms with van der Waals surface area (Å²) in [5.41, 5.74) is 6.84. The summed E-state index contributed by atoms with van der Waals surface area (Å²) in [4.78, 5) is 0. The van der Waals surface area contributed by atoms with Crippen LogP contribution in [0, 0.1) is 28.6 Å². The molecule has 0 heterocycles.